The van der Waals surface area contributed by atoms with Crippen molar-refractivity contribution < 1.29 is 13.2 Å². The van der Waals surface area contributed by atoms with Gasteiger partial charge < -0.3 is 5.32 Å². The number of hydrogen-bond donors (Lipinski definition) is 1. The van der Waals surface area contributed by atoms with Crippen molar-refractivity contribution in [2.24, 2.45) is 7.05 Å². The molecule has 0 saturated heterocycles. The van der Waals surface area contributed by atoms with Gasteiger partial charge in [0.1, 0.15) is 0 Å². The van der Waals surface area contributed by atoms with Gasteiger partial charge in [0.25, 0.3) is 5.56 Å². The molecule has 0 aliphatic carbocycles. The monoisotopic (exact) mass is 301 g/mol. The van der Waals surface area contributed by atoms with Crippen LogP contribution in [0.15, 0.2) is 27.8 Å². The lowest BCUT2D eigenvalue weighted by atomic mass is 10.1. The number of nitrogens with one attached hydrogen (secondary N) is 1. The van der Waals surface area contributed by atoms with E-state index in [9.17, 15) is 22.8 Å². The van der Waals surface area contributed by atoms with Gasteiger partial charge in [0, 0.05) is 20.1 Å². The largest absolute Gasteiger partial charge is 0.418 e. The first-order valence-corrected chi connectivity index (χ1v) is 6.23. The van der Waals surface area contributed by atoms with Crippen LogP contribution in [-0.2, 0) is 19.8 Å². The summed E-state index contributed by atoms with van der Waals surface area (Å²) in [5.74, 6) is 0. The average molecular weight is 301 g/mol. The molecule has 1 N–H and O–H groups in total. The topological polar surface area (TPSA) is 56.0 Å². The van der Waals surface area contributed by atoms with Crippen molar-refractivity contribution in [3.8, 4) is 0 Å². The molecule has 0 radical (unpaired) electrons. The first-order chi connectivity index (χ1) is 9.79. The highest BCUT2D eigenvalue weighted by molar-refractivity contribution is 5.81. The van der Waals surface area contributed by atoms with E-state index in [0.29, 0.717) is 6.54 Å². The maximum Gasteiger partial charge on any atom is 0.418 e. The molecule has 5 nitrogen and oxygen atoms in total. The molecule has 8 heteroatoms. The molecule has 21 heavy (non-hydrogen) atoms. The number of fused-ring (bicyclic) bond motifs is 1. The number of hydrogen-bond acceptors (Lipinski definition) is 3. The van der Waals surface area contributed by atoms with E-state index in [1.54, 1.807) is 7.05 Å². The van der Waals surface area contributed by atoms with Crippen LogP contribution in [0.1, 0.15) is 5.56 Å². The maximum atomic E-state index is 13.0. The third kappa shape index (κ3) is 2.58. The fourth-order valence-corrected chi connectivity index (χ4v) is 2.24. The number of alkyl halides is 3. The number of benzene rings is 1. The summed E-state index contributed by atoms with van der Waals surface area (Å²) in [7, 11) is 2.88. The normalized spacial score (nSPS) is 12.0. The molecular weight excluding hydrogens is 287 g/mol. The second kappa shape index (κ2) is 5.36. The van der Waals surface area contributed by atoms with E-state index in [1.807, 2.05) is 0 Å². The number of likely N-dealkylation sites (N-methyl/N-ethyl adjacent to an activating group) is 1. The van der Waals surface area contributed by atoms with E-state index in [4.69, 9.17) is 0 Å². The van der Waals surface area contributed by atoms with Crippen LogP contribution in [0, 0.1) is 0 Å². The van der Waals surface area contributed by atoms with Crippen LogP contribution in [0.3, 0.4) is 0 Å². The Balaban J connectivity index is 2.89. The minimum Gasteiger partial charge on any atom is -0.318 e. The molecule has 1 heterocycles. The molecule has 0 bridgehead atoms. The van der Waals surface area contributed by atoms with Crippen molar-refractivity contribution in [3.63, 3.8) is 0 Å². The Morgan fingerprint density at radius 1 is 1.24 bits per heavy atom. The summed E-state index contributed by atoms with van der Waals surface area (Å²) in [6.45, 7) is 0.452. The summed E-state index contributed by atoms with van der Waals surface area (Å²) in [5.41, 5.74) is -2.85. The Labute approximate surface area is 117 Å². The predicted octanol–water partition coefficient (Wildman–Crippen LogP) is 0.938. The third-order valence-corrected chi connectivity index (χ3v) is 3.26. The van der Waals surface area contributed by atoms with Gasteiger partial charge in [0.15, 0.2) is 0 Å². The van der Waals surface area contributed by atoms with Gasteiger partial charge >= 0.3 is 11.9 Å². The molecule has 0 aliphatic rings. The molecule has 1 aromatic heterocycles. The molecule has 1 aromatic carbocycles. The van der Waals surface area contributed by atoms with Crippen molar-refractivity contribution in [3.05, 3.63) is 44.6 Å². The Morgan fingerprint density at radius 2 is 1.90 bits per heavy atom. The van der Waals surface area contributed by atoms with Crippen LogP contribution in [0.4, 0.5) is 13.2 Å². The van der Waals surface area contributed by atoms with Crippen LogP contribution < -0.4 is 16.6 Å². The van der Waals surface area contributed by atoms with Gasteiger partial charge in [-0.05, 0) is 19.2 Å². The summed E-state index contributed by atoms with van der Waals surface area (Å²) in [4.78, 5) is 24.4. The Hall–Kier alpha value is -2.09. The Kier molecular flexibility index (Phi) is 3.91. The molecule has 114 valence electrons. The number of nitrogens with zero attached hydrogens (tertiary/aromatic N) is 2. The molecule has 0 atom stereocenters. The molecule has 0 spiro atoms. The third-order valence-electron chi connectivity index (χ3n) is 3.26. The SMILES string of the molecule is CNCCn1c(=O)c2cccc(C(F)(F)F)c2n(C)c1=O. The highest BCUT2D eigenvalue weighted by Crippen LogP contribution is 2.33. The van der Waals surface area contributed by atoms with Crippen LogP contribution in [-0.4, -0.2) is 22.7 Å². The van der Waals surface area contributed by atoms with Gasteiger partial charge in [-0.2, -0.15) is 13.2 Å². The molecular formula is C13H14F3N3O2. The zero-order valence-electron chi connectivity index (χ0n) is 11.5. The lowest BCUT2D eigenvalue weighted by Gasteiger charge is -2.15. The predicted molar refractivity (Wildman–Crippen MR) is 72.4 cm³/mol. The van der Waals surface area contributed by atoms with E-state index < -0.39 is 23.0 Å². The summed E-state index contributed by atoms with van der Waals surface area (Å²) in [5, 5.41) is 2.66. The quantitative estimate of drug-likeness (QED) is 0.918. The lowest BCUT2D eigenvalue weighted by molar-refractivity contribution is -0.136. The van der Waals surface area contributed by atoms with Crippen molar-refractivity contribution in [2.75, 3.05) is 13.6 Å². The molecule has 0 aliphatic heterocycles. The summed E-state index contributed by atoms with van der Waals surface area (Å²) >= 11 is 0. The fourth-order valence-electron chi connectivity index (χ4n) is 2.24. The second-order valence-corrected chi connectivity index (χ2v) is 4.60. The number of para-hydroxylation sites is 1. The fraction of sp³-hybridized carbons (Fsp3) is 0.385. The number of halogens is 3. The number of aryl methyl sites for hydroxylation is 1. The maximum absolute atomic E-state index is 13.0. The van der Waals surface area contributed by atoms with E-state index in [-0.39, 0.29) is 17.4 Å². The van der Waals surface area contributed by atoms with Crippen LogP contribution in [0.2, 0.25) is 0 Å². The minimum absolute atomic E-state index is 0.0915. The van der Waals surface area contributed by atoms with Gasteiger partial charge in [-0.15, -0.1) is 0 Å². The first-order valence-electron chi connectivity index (χ1n) is 6.23. The smallest absolute Gasteiger partial charge is 0.318 e. The Bertz CT molecular complexity index is 790. The molecule has 0 saturated carbocycles. The summed E-state index contributed by atoms with van der Waals surface area (Å²) < 4.78 is 40.9. The zero-order chi connectivity index (χ0) is 15.8. The van der Waals surface area contributed by atoms with E-state index in [0.717, 1.165) is 15.2 Å². The molecule has 2 aromatic rings. The van der Waals surface area contributed by atoms with Gasteiger partial charge in [0.05, 0.1) is 16.5 Å². The molecule has 0 unspecified atom stereocenters. The van der Waals surface area contributed by atoms with Crippen LogP contribution in [0.5, 0.6) is 0 Å². The van der Waals surface area contributed by atoms with Crippen LogP contribution >= 0.6 is 0 Å². The highest BCUT2D eigenvalue weighted by atomic mass is 19.4. The van der Waals surface area contributed by atoms with Crippen molar-refractivity contribution >= 4 is 10.9 Å². The Morgan fingerprint density at radius 3 is 2.48 bits per heavy atom. The van der Waals surface area contributed by atoms with E-state index >= 15 is 0 Å². The minimum atomic E-state index is -4.63. The van der Waals surface area contributed by atoms with Crippen molar-refractivity contribution in [1.29, 1.82) is 0 Å². The van der Waals surface area contributed by atoms with Gasteiger partial charge in [-0.1, -0.05) is 6.07 Å². The summed E-state index contributed by atoms with van der Waals surface area (Å²) in [6, 6.07) is 3.32. The van der Waals surface area contributed by atoms with E-state index in [1.165, 1.54) is 19.2 Å². The summed E-state index contributed by atoms with van der Waals surface area (Å²) in [6.07, 6.45) is -4.63. The van der Waals surface area contributed by atoms with Crippen molar-refractivity contribution in [1.82, 2.24) is 14.5 Å². The van der Waals surface area contributed by atoms with Crippen LogP contribution in [0.25, 0.3) is 10.9 Å². The number of aromatic nitrogens is 2. The van der Waals surface area contributed by atoms with Gasteiger partial charge in [0.2, 0.25) is 0 Å². The van der Waals surface area contributed by atoms with Gasteiger partial charge in [-0.3, -0.25) is 13.9 Å². The van der Waals surface area contributed by atoms with Gasteiger partial charge in [-0.25, -0.2) is 4.79 Å². The first kappa shape index (κ1) is 15.3. The number of rotatable bonds is 3. The van der Waals surface area contributed by atoms with Crippen molar-refractivity contribution in [2.45, 2.75) is 12.7 Å². The molecule has 2 rings (SSSR count). The lowest BCUT2D eigenvalue weighted by Crippen LogP contribution is -2.41. The second-order valence-electron chi connectivity index (χ2n) is 4.60. The molecule has 0 fully saturated rings. The zero-order valence-corrected chi connectivity index (χ0v) is 11.5. The molecule has 0 amide bonds. The highest BCUT2D eigenvalue weighted by Gasteiger charge is 2.34. The average Bonchev–Trinajstić information content (AvgIpc) is 2.43. The van der Waals surface area contributed by atoms with E-state index in [2.05, 4.69) is 5.32 Å². The standard InChI is InChI=1S/C13H14F3N3O2/c1-17-6-7-19-11(20)8-4-3-5-9(13(14,15)16)10(8)18(2)12(19)21/h3-5,17H,6-7H2,1-2H3.